The van der Waals surface area contributed by atoms with Gasteiger partial charge >= 0.3 is 5.97 Å². The molecule has 0 radical (unpaired) electrons. The Morgan fingerprint density at radius 1 is 1.09 bits per heavy atom. The lowest BCUT2D eigenvalue weighted by Crippen LogP contribution is -2.31. The predicted molar refractivity (Wildman–Crippen MR) is 89.0 cm³/mol. The van der Waals surface area contributed by atoms with E-state index in [1.807, 2.05) is 36.4 Å². The first-order valence-corrected chi connectivity index (χ1v) is 8.69. The highest BCUT2D eigenvalue weighted by atomic mass is 31.2. The second kappa shape index (κ2) is 7.11. The van der Waals surface area contributed by atoms with E-state index in [1.165, 1.54) is 0 Å². The standard InChI is InChI=1S/C18H17O3P/c1-3-14-21-18(19)15(2)22(20,16-10-6-4-7-11-16)17-12-8-5-9-13-17/h1,4-13,15H,14H2,2H3. The van der Waals surface area contributed by atoms with E-state index in [2.05, 4.69) is 5.92 Å². The summed E-state index contributed by atoms with van der Waals surface area (Å²) in [5.41, 5.74) is -0.800. The number of carbonyl (C=O) groups is 1. The highest BCUT2D eigenvalue weighted by Gasteiger charge is 2.39. The molecule has 0 fully saturated rings. The Labute approximate surface area is 130 Å². The van der Waals surface area contributed by atoms with Gasteiger partial charge in [-0.1, -0.05) is 66.6 Å². The number of hydrogen-bond acceptors (Lipinski definition) is 3. The molecule has 112 valence electrons. The van der Waals surface area contributed by atoms with E-state index in [9.17, 15) is 9.36 Å². The number of rotatable bonds is 5. The van der Waals surface area contributed by atoms with Crippen LogP contribution < -0.4 is 10.6 Å². The average molecular weight is 312 g/mol. The van der Waals surface area contributed by atoms with Gasteiger partial charge in [-0.25, -0.2) is 0 Å². The SMILES string of the molecule is C#CCOC(=O)C(C)P(=O)(c1ccccc1)c1ccccc1. The molecule has 2 aromatic carbocycles. The van der Waals surface area contributed by atoms with Crippen molar-refractivity contribution in [3.63, 3.8) is 0 Å². The van der Waals surface area contributed by atoms with Crippen LogP contribution >= 0.6 is 7.14 Å². The number of terminal acetylenes is 1. The van der Waals surface area contributed by atoms with Crippen molar-refractivity contribution in [2.75, 3.05) is 6.61 Å². The van der Waals surface area contributed by atoms with Crippen LogP contribution in [0.25, 0.3) is 0 Å². The van der Waals surface area contributed by atoms with E-state index in [0.717, 1.165) is 0 Å². The van der Waals surface area contributed by atoms with Gasteiger partial charge in [0.1, 0.15) is 5.66 Å². The summed E-state index contributed by atoms with van der Waals surface area (Å²) < 4.78 is 18.8. The molecule has 1 atom stereocenters. The van der Waals surface area contributed by atoms with Crippen molar-refractivity contribution in [3.05, 3.63) is 60.7 Å². The van der Waals surface area contributed by atoms with Crippen molar-refractivity contribution in [2.24, 2.45) is 0 Å². The van der Waals surface area contributed by atoms with E-state index >= 15 is 0 Å². The fourth-order valence-corrected chi connectivity index (χ4v) is 5.07. The molecule has 0 saturated carbocycles. The molecule has 0 heterocycles. The summed E-state index contributed by atoms with van der Waals surface area (Å²) in [6.45, 7) is 1.51. The van der Waals surface area contributed by atoms with Crippen molar-refractivity contribution in [2.45, 2.75) is 12.6 Å². The third-order valence-electron chi connectivity index (χ3n) is 3.46. The van der Waals surface area contributed by atoms with Gasteiger partial charge in [-0.05, 0) is 6.92 Å². The quantitative estimate of drug-likeness (QED) is 0.484. The van der Waals surface area contributed by atoms with Gasteiger partial charge in [0.15, 0.2) is 13.7 Å². The zero-order chi connectivity index (χ0) is 16.0. The molecule has 0 saturated heterocycles. The van der Waals surface area contributed by atoms with Crippen molar-refractivity contribution < 1.29 is 14.1 Å². The summed E-state index contributed by atoms with van der Waals surface area (Å²) in [7, 11) is -3.15. The van der Waals surface area contributed by atoms with Crippen molar-refractivity contribution in [3.8, 4) is 12.3 Å². The zero-order valence-electron chi connectivity index (χ0n) is 12.3. The van der Waals surface area contributed by atoms with Crippen molar-refractivity contribution in [1.29, 1.82) is 0 Å². The molecule has 0 aliphatic heterocycles. The topological polar surface area (TPSA) is 43.4 Å². The minimum atomic E-state index is -3.15. The highest BCUT2D eigenvalue weighted by Crippen LogP contribution is 2.48. The van der Waals surface area contributed by atoms with Crippen LogP contribution in [0, 0.1) is 12.3 Å². The number of ether oxygens (including phenoxy) is 1. The summed E-state index contributed by atoms with van der Waals surface area (Å²) in [6.07, 6.45) is 5.11. The van der Waals surface area contributed by atoms with Crippen LogP contribution in [-0.2, 0) is 14.1 Å². The van der Waals surface area contributed by atoms with Gasteiger partial charge in [-0.3, -0.25) is 4.79 Å². The Bertz CT molecular complexity index is 674. The maximum Gasteiger partial charge on any atom is 0.317 e. The molecule has 0 aromatic heterocycles. The molecule has 0 spiro atoms. The number of esters is 1. The van der Waals surface area contributed by atoms with Crippen LogP contribution in [0.2, 0.25) is 0 Å². The average Bonchev–Trinajstić information content (AvgIpc) is 2.59. The summed E-state index contributed by atoms with van der Waals surface area (Å²) in [5, 5.41) is 1.26. The Hall–Kier alpha value is -2.30. The lowest BCUT2D eigenvalue weighted by molar-refractivity contribution is -0.141. The van der Waals surface area contributed by atoms with E-state index in [0.29, 0.717) is 10.6 Å². The predicted octanol–water partition coefficient (Wildman–Crippen LogP) is 2.57. The summed E-state index contributed by atoms with van der Waals surface area (Å²) >= 11 is 0. The van der Waals surface area contributed by atoms with E-state index < -0.39 is 18.8 Å². The molecule has 0 N–H and O–H groups in total. The largest absolute Gasteiger partial charge is 0.452 e. The summed E-state index contributed by atoms with van der Waals surface area (Å²) in [4.78, 5) is 12.2. The number of benzene rings is 2. The monoisotopic (exact) mass is 312 g/mol. The Morgan fingerprint density at radius 3 is 1.95 bits per heavy atom. The third kappa shape index (κ3) is 3.13. The van der Waals surface area contributed by atoms with Crippen molar-refractivity contribution in [1.82, 2.24) is 0 Å². The normalized spacial score (nSPS) is 12.2. The first-order chi connectivity index (χ1) is 10.6. The maximum absolute atomic E-state index is 13.8. The molecular weight excluding hydrogens is 295 g/mol. The fourth-order valence-electron chi connectivity index (χ4n) is 2.28. The smallest absolute Gasteiger partial charge is 0.317 e. The Kier molecular flexibility index (Phi) is 5.20. The van der Waals surface area contributed by atoms with E-state index in [-0.39, 0.29) is 6.61 Å². The van der Waals surface area contributed by atoms with Gasteiger partial charge < -0.3 is 9.30 Å². The molecule has 2 rings (SSSR count). The third-order valence-corrected chi connectivity index (χ3v) is 6.90. The highest BCUT2D eigenvalue weighted by molar-refractivity contribution is 7.80. The second-order valence-corrected chi connectivity index (χ2v) is 7.94. The van der Waals surface area contributed by atoms with Crippen LogP contribution in [0.4, 0.5) is 0 Å². The molecular formula is C18H17O3P. The van der Waals surface area contributed by atoms with E-state index in [4.69, 9.17) is 11.2 Å². The van der Waals surface area contributed by atoms with Crippen molar-refractivity contribution >= 4 is 23.7 Å². The summed E-state index contributed by atoms with van der Waals surface area (Å²) in [6, 6.07) is 18.0. The Balaban J connectivity index is 2.50. The van der Waals surface area contributed by atoms with Gasteiger partial charge in [0.25, 0.3) is 0 Å². The molecule has 0 bridgehead atoms. The molecule has 0 aliphatic carbocycles. The summed E-state index contributed by atoms with van der Waals surface area (Å²) in [5.74, 6) is 1.70. The lowest BCUT2D eigenvalue weighted by atomic mass is 10.4. The lowest BCUT2D eigenvalue weighted by Gasteiger charge is -2.24. The second-order valence-electron chi connectivity index (χ2n) is 4.82. The number of carbonyl (C=O) groups excluding carboxylic acids is 1. The molecule has 4 heteroatoms. The fraction of sp³-hybridized carbons (Fsp3) is 0.167. The van der Waals surface area contributed by atoms with E-state index in [1.54, 1.807) is 31.2 Å². The maximum atomic E-state index is 13.8. The molecule has 22 heavy (non-hydrogen) atoms. The molecule has 3 nitrogen and oxygen atoms in total. The van der Waals surface area contributed by atoms with Gasteiger partial charge in [-0.15, -0.1) is 6.42 Å². The minimum Gasteiger partial charge on any atom is -0.452 e. The van der Waals surface area contributed by atoms with Crippen LogP contribution in [0.3, 0.4) is 0 Å². The molecule has 0 amide bonds. The van der Waals surface area contributed by atoms with Gasteiger partial charge in [-0.2, -0.15) is 0 Å². The molecule has 0 aliphatic rings. The number of hydrogen-bond donors (Lipinski definition) is 0. The van der Waals surface area contributed by atoms with Crippen LogP contribution in [0.15, 0.2) is 60.7 Å². The van der Waals surface area contributed by atoms with Gasteiger partial charge in [0.2, 0.25) is 0 Å². The molecule has 2 aromatic rings. The van der Waals surface area contributed by atoms with Crippen LogP contribution in [0.5, 0.6) is 0 Å². The van der Waals surface area contributed by atoms with Crippen LogP contribution in [-0.4, -0.2) is 18.2 Å². The first kappa shape index (κ1) is 16.1. The molecule has 1 unspecified atom stereocenters. The zero-order valence-corrected chi connectivity index (χ0v) is 13.2. The van der Waals surface area contributed by atoms with Crippen LogP contribution in [0.1, 0.15) is 6.92 Å². The minimum absolute atomic E-state index is 0.118. The Morgan fingerprint density at radius 2 is 1.55 bits per heavy atom. The first-order valence-electron chi connectivity index (χ1n) is 6.91. The van der Waals surface area contributed by atoms with Gasteiger partial charge in [0.05, 0.1) is 0 Å². The van der Waals surface area contributed by atoms with Gasteiger partial charge in [0, 0.05) is 10.6 Å².